The Morgan fingerprint density at radius 2 is 1.97 bits per heavy atom. The first kappa shape index (κ1) is 19.1. The summed E-state index contributed by atoms with van der Waals surface area (Å²) in [7, 11) is 0. The number of aromatic nitrogens is 2. The molecule has 2 aromatic carbocycles. The summed E-state index contributed by atoms with van der Waals surface area (Å²) in [5, 5.41) is 18.0. The zero-order valence-corrected chi connectivity index (χ0v) is 18.1. The molecule has 2 aliphatic rings. The number of nitrogens with two attached hydrogens (primary N) is 1. The number of allylic oxidation sites excluding steroid dienone is 1. The number of rotatable bonds is 2. The number of nitrogens with zero attached hydrogens (tertiary/aromatic N) is 2. The summed E-state index contributed by atoms with van der Waals surface area (Å²) in [4.78, 5) is 0. The second-order valence-corrected chi connectivity index (χ2v) is 8.29. The number of aromatic amines is 1. The molecule has 1 aromatic heterocycles. The Bertz CT molecular complexity index is 1280. The Morgan fingerprint density at radius 1 is 1.20 bits per heavy atom. The highest BCUT2D eigenvalue weighted by Crippen LogP contribution is 2.50. The zero-order valence-electron chi connectivity index (χ0n) is 15.0. The van der Waals surface area contributed by atoms with Crippen molar-refractivity contribution in [2.45, 2.75) is 5.92 Å². The van der Waals surface area contributed by atoms with Crippen molar-refractivity contribution in [3.8, 4) is 34.7 Å². The van der Waals surface area contributed by atoms with Gasteiger partial charge in [-0.1, -0.05) is 39.1 Å². The molecule has 150 valence electrons. The van der Waals surface area contributed by atoms with E-state index in [1.165, 1.54) is 0 Å². The van der Waals surface area contributed by atoms with Crippen LogP contribution >= 0.6 is 39.1 Å². The van der Waals surface area contributed by atoms with Gasteiger partial charge < -0.3 is 19.9 Å². The van der Waals surface area contributed by atoms with Gasteiger partial charge in [-0.3, -0.25) is 5.10 Å². The fourth-order valence-corrected chi connectivity index (χ4v) is 4.66. The third-order valence-electron chi connectivity index (χ3n) is 4.94. The molecule has 3 heterocycles. The fourth-order valence-electron chi connectivity index (χ4n) is 3.61. The number of benzene rings is 2. The van der Waals surface area contributed by atoms with Crippen molar-refractivity contribution in [2.75, 3.05) is 6.79 Å². The predicted molar refractivity (Wildman–Crippen MR) is 114 cm³/mol. The molecule has 0 unspecified atom stereocenters. The Kier molecular flexibility index (Phi) is 4.54. The van der Waals surface area contributed by atoms with Gasteiger partial charge in [0.2, 0.25) is 18.6 Å². The van der Waals surface area contributed by atoms with Gasteiger partial charge in [-0.2, -0.15) is 5.26 Å². The van der Waals surface area contributed by atoms with Crippen LogP contribution in [-0.4, -0.2) is 17.0 Å². The number of nitrogens with one attached hydrogen (secondary N) is 1. The minimum Gasteiger partial charge on any atom is -0.454 e. The first-order valence-corrected chi connectivity index (χ1v) is 10.2. The van der Waals surface area contributed by atoms with Crippen LogP contribution in [0.5, 0.6) is 17.4 Å². The minimum absolute atomic E-state index is 0.0141. The number of ether oxygens (including phenoxy) is 3. The first-order valence-electron chi connectivity index (χ1n) is 8.68. The summed E-state index contributed by atoms with van der Waals surface area (Å²) >= 11 is 16.1. The van der Waals surface area contributed by atoms with Crippen LogP contribution in [0.15, 0.2) is 46.3 Å². The van der Waals surface area contributed by atoms with Crippen LogP contribution in [0.3, 0.4) is 0 Å². The van der Waals surface area contributed by atoms with Crippen LogP contribution < -0.4 is 19.9 Å². The highest BCUT2D eigenvalue weighted by Gasteiger charge is 2.37. The predicted octanol–water partition coefficient (Wildman–Crippen LogP) is 5.09. The Morgan fingerprint density at radius 3 is 2.70 bits per heavy atom. The lowest BCUT2D eigenvalue weighted by Gasteiger charge is -2.25. The maximum atomic E-state index is 9.88. The molecule has 0 bridgehead atoms. The third-order valence-corrected chi connectivity index (χ3v) is 6.18. The van der Waals surface area contributed by atoms with Gasteiger partial charge in [0.15, 0.2) is 11.5 Å². The highest BCUT2D eigenvalue weighted by molar-refractivity contribution is 9.10. The molecule has 7 nitrogen and oxygen atoms in total. The van der Waals surface area contributed by atoms with E-state index in [-0.39, 0.29) is 24.1 Å². The van der Waals surface area contributed by atoms with Gasteiger partial charge in [-0.05, 0) is 35.9 Å². The lowest BCUT2D eigenvalue weighted by Crippen LogP contribution is -2.21. The average Bonchev–Trinajstić information content (AvgIpc) is 3.33. The van der Waals surface area contributed by atoms with Gasteiger partial charge in [0.1, 0.15) is 11.6 Å². The third kappa shape index (κ3) is 2.89. The van der Waals surface area contributed by atoms with Gasteiger partial charge in [0.05, 0.1) is 22.2 Å². The summed E-state index contributed by atoms with van der Waals surface area (Å²) < 4.78 is 17.3. The standard InChI is InChI=1S/C20H11BrCl2N4O3/c21-12-5-15-14(28-7-29-15)4-10(12)16-11(6-24)19(25)30-20-17(16)18(26-27-20)9-2-1-8(22)3-13(9)23/h1-5,16H,7,25H2,(H,26,27)/t16-/m1/s1. The maximum absolute atomic E-state index is 9.88. The van der Waals surface area contributed by atoms with E-state index in [1.54, 1.807) is 24.3 Å². The van der Waals surface area contributed by atoms with E-state index in [9.17, 15) is 5.26 Å². The second kappa shape index (κ2) is 7.13. The van der Waals surface area contributed by atoms with Crippen LogP contribution in [-0.2, 0) is 0 Å². The summed E-state index contributed by atoms with van der Waals surface area (Å²) in [6, 6.07) is 10.9. The first-order chi connectivity index (χ1) is 14.5. The fraction of sp³-hybridized carbons (Fsp3) is 0.100. The molecule has 0 saturated heterocycles. The van der Waals surface area contributed by atoms with Gasteiger partial charge in [-0.25, -0.2) is 0 Å². The van der Waals surface area contributed by atoms with Crippen molar-refractivity contribution < 1.29 is 14.2 Å². The lowest BCUT2D eigenvalue weighted by atomic mass is 9.83. The quantitative estimate of drug-likeness (QED) is 0.502. The smallest absolute Gasteiger partial charge is 0.244 e. The van der Waals surface area contributed by atoms with Crippen molar-refractivity contribution >= 4 is 39.1 Å². The molecule has 0 fully saturated rings. The van der Waals surface area contributed by atoms with Crippen LogP contribution in [0, 0.1) is 11.3 Å². The number of fused-ring (bicyclic) bond motifs is 2. The number of H-pyrrole nitrogens is 1. The van der Waals surface area contributed by atoms with E-state index in [0.717, 1.165) is 10.0 Å². The molecule has 3 N–H and O–H groups in total. The number of halogens is 3. The van der Waals surface area contributed by atoms with Crippen molar-refractivity contribution in [1.82, 2.24) is 10.2 Å². The molecule has 0 amide bonds. The maximum Gasteiger partial charge on any atom is 0.244 e. The average molecular weight is 506 g/mol. The number of hydrogen-bond acceptors (Lipinski definition) is 6. The Balaban J connectivity index is 1.76. The molecule has 30 heavy (non-hydrogen) atoms. The summed E-state index contributed by atoms with van der Waals surface area (Å²) in [5.74, 6) is 0.859. The monoisotopic (exact) mass is 504 g/mol. The molecule has 0 radical (unpaired) electrons. The second-order valence-electron chi connectivity index (χ2n) is 6.59. The molecular formula is C20H11BrCl2N4O3. The van der Waals surface area contributed by atoms with Crippen LogP contribution in [0.4, 0.5) is 0 Å². The molecule has 0 spiro atoms. The molecule has 10 heteroatoms. The molecule has 0 aliphatic carbocycles. The molecule has 1 atom stereocenters. The Labute approximate surface area is 189 Å². The van der Waals surface area contributed by atoms with E-state index in [0.29, 0.717) is 38.4 Å². The molecule has 3 aromatic rings. The molecular weight excluding hydrogens is 495 g/mol. The van der Waals surface area contributed by atoms with Crippen LogP contribution in [0.1, 0.15) is 17.0 Å². The molecule has 0 saturated carbocycles. The Hall–Kier alpha value is -2.86. The summed E-state index contributed by atoms with van der Waals surface area (Å²) in [6.45, 7) is 0.130. The van der Waals surface area contributed by atoms with Gasteiger partial charge >= 0.3 is 0 Å². The largest absolute Gasteiger partial charge is 0.454 e. The van der Waals surface area contributed by atoms with E-state index in [2.05, 4.69) is 32.2 Å². The normalized spacial score (nSPS) is 16.8. The van der Waals surface area contributed by atoms with Crippen molar-refractivity contribution in [3.63, 3.8) is 0 Å². The molecule has 2 aliphatic heterocycles. The summed E-state index contributed by atoms with van der Waals surface area (Å²) in [6.07, 6.45) is 0. The highest BCUT2D eigenvalue weighted by atomic mass is 79.9. The van der Waals surface area contributed by atoms with Gasteiger partial charge in [0, 0.05) is 15.1 Å². The zero-order chi connectivity index (χ0) is 21.0. The number of hydrogen-bond donors (Lipinski definition) is 2. The van der Waals surface area contributed by atoms with Crippen molar-refractivity contribution in [3.05, 3.63) is 67.4 Å². The van der Waals surface area contributed by atoms with Crippen LogP contribution in [0.2, 0.25) is 10.0 Å². The van der Waals surface area contributed by atoms with Gasteiger partial charge in [0.25, 0.3) is 0 Å². The minimum atomic E-state index is -0.580. The molecule has 5 rings (SSSR count). The SMILES string of the molecule is N#CC1=C(N)Oc2n[nH]c(-c3ccc(Cl)cc3Cl)c2[C@@H]1c1cc2c(cc1Br)OCO2. The van der Waals surface area contributed by atoms with Gasteiger partial charge in [-0.15, -0.1) is 5.10 Å². The van der Waals surface area contributed by atoms with E-state index in [4.69, 9.17) is 43.1 Å². The van der Waals surface area contributed by atoms with Crippen molar-refractivity contribution in [1.29, 1.82) is 5.26 Å². The van der Waals surface area contributed by atoms with E-state index in [1.807, 2.05) is 6.07 Å². The summed E-state index contributed by atoms with van der Waals surface area (Å²) in [5.41, 5.74) is 8.94. The number of nitriles is 1. The van der Waals surface area contributed by atoms with Crippen molar-refractivity contribution in [2.24, 2.45) is 5.73 Å². The van der Waals surface area contributed by atoms with E-state index < -0.39 is 5.92 Å². The van der Waals surface area contributed by atoms with Crippen LogP contribution in [0.25, 0.3) is 11.3 Å². The topological polar surface area (TPSA) is 106 Å². The lowest BCUT2D eigenvalue weighted by molar-refractivity contribution is 0.174. The van der Waals surface area contributed by atoms with E-state index >= 15 is 0 Å².